The van der Waals surface area contributed by atoms with Gasteiger partial charge in [-0.05, 0) is 34.6 Å². The molecule has 0 bridgehead atoms. The van der Waals surface area contributed by atoms with E-state index in [0.717, 1.165) is 47.7 Å². The zero-order valence-corrected chi connectivity index (χ0v) is 20.0. The van der Waals surface area contributed by atoms with Gasteiger partial charge in [0, 0.05) is 56.0 Å². The van der Waals surface area contributed by atoms with Crippen LogP contribution in [0, 0.1) is 0 Å². The SMILES string of the molecule is CC(=O)[O-].CC(=O)[O-].CC(=O)[O-].CC(=O)[O-].CC(=O)[O-].NCCNCCN.O.[Fe+3].[NH4+].[NH4+]. The summed E-state index contributed by atoms with van der Waals surface area (Å²) in [6.07, 6.45) is 0. The van der Waals surface area contributed by atoms with Crippen LogP contribution in [0.4, 0.5) is 0 Å². The zero-order valence-electron chi connectivity index (χ0n) is 18.9. The summed E-state index contributed by atoms with van der Waals surface area (Å²) in [4.78, 5) is 44.4. The van der Waals surface area contributed by atoms with Crippen LogP contribution < -0.4 is 54.6 Å². The van der Waals surface area contributed by atoms with Crippen LogP contribution in [0.25, 0.3) is 0 Å². The van der Waals surface area contributed by atoms with E-state index in [2.05, 4.69) is 5.32 Å². The first-order valence-corrected chi connectivity index (χ1v) is 7.06. The summed E-state index contributed by atoms with van der Waals surface area (Å²) >= 11 is 0. The zero-order chi connectivity index (χ0) is 23.4. The molecular formula is C14H38FeN5O11. The number of carboxylic acid groups (broad SMARTS) is 5. The maximum absolute atomic E-state index is 8.89. The van der Waals surface area contributed by atoms with E-state index in [0.29, 0.717) is 13.1 Å². The van der Waals surface area contributed by atoms with Gasteiger partial charge in [-0.2, -0.15) is 0 Å². The minimum Gasteiger partial charge on any atom is -0.550 e. The monoisotopic (exact) mass is 508 g/mol. The average Bonchev–Trinajstić information content (AvgIpc) is 2.35. The number of rotatable bonds is 4. The molecule has 193 valence electrons. The van der Waals surface area contributed by atoms with Crippen molar-refractivity contribution in [2.45, 2.75) is 34.6 Å². The Morgan fingerprint density at radius 1 is 0.581 bits per heavy atom. The molecule has 0 fully saturated rings. The summed E-state index contributed by atoms with van der Waals surface area (Å²) in [5.41, 5.74) is 10.3. The molecule has 0 saturated carbocycles. The van der Waals surface area contributed by atoms with Gasteiger partial charge in [0.05, 0.1) is 0 Å². The number of hydrogen-bond acceptors (Lipinski definition) is 13. The van der Waals surface area contributed by atoms with Crippen LogP contribution in [-0.2, 0) is 41.0 Å². The molecule has 0 aliphatic rings. The second-order valence-electron chi connectivity index (χ2n) is 3.79. The Balaban J connectivity index is -0.0000000211. The summed E-state index contributed by atoms with van der Waals surface area (Å²) in [5, 5.41) is 47.5. The summed E-state index contributed by atoms with van der Waals surface area (Å²) in [6, 6.07) is 0. The van der Waals surface area contributed by atoms with E-state index in [1.165, 1.54) is 0 Å². The molecule has 0 aliphatic carbocycles. The smallest absolute Gasteiger partial charge is 0.550 e. The fourth-order valence-corrected chi connectivity index (χ4v) is 0.329. The molecule has 0 rings (SSSR count). The van der Waals surface area contributed by atoms with Gasteiger partial charge in [0.25, 0.3) is 0 Å². The van der Waals surface area contributed by atoms with Gasteiger partial charge in [-0.3, -0.25) is 0 Å². The molecule has 0 aromatic carbocycles. The fraction of sp³-hybridized carbons (Fsp3) is 0.643. The molecule has 0 aromatic rings. The molecule has 16 nitrogen and oxygen atoms in total. The molecule has 15 N–H and O–H groups in total. The van der Waals surface area contributed by atoms with Crippen molar-refractivity contribution in [2.75, 3.05) is 26.2 Å². The third-order valence-electron chi connectivity index (χ3n) is 0.642. The molecule has 0 aliphatic heterocycles. The number of carbonyl (C=O) groups excluding carboxylic acids is 5. The Morgan fingerprint density at radius 2 is 0.677 bits per heavy atom. The van der Waals surface area contributed by atoms with E-state index in [1.54, 1.807) is 0 Å². The molecule has 0 saturated heterocycles. The van der Waals surface area contributed by atoms with Gasteiger partial charge >= 0.3 is 17.1 Å². The Kier molecular flexibility index (Phi) is 128. The molecule has 0 atom stereocenters. The first kappa shape index (κ1) is 63.0. The van der Waals surface area contributed by atoms with Gasteiger partial charge in [-0.15, -0.1) is 0 Å². The van der Waals surface area contributed by atoms with Crippen LogP contribution in [0.1, 0.15) is 34.6 Å². The van der Waals surface area contributed by atoms with Crippen LogP contribution in [0.2, 0.25) is 0 Å². The average molecular weight is 508 g/mol. The molecule has 1 radical (unpaired) electrons. The third-order valence-corrected chi connectivity index (χ3v) is 0.642. The predicted molar refractivity (Wildman–Crippen MR) is 100.0 cm³/mol. The van der Waals surface area contributed by atoms with Crippen molar-refractivity contribution in [3.8, 4) is 0 Å². The first-order valence-electron chi connectivity index (χ1n) is 7.06. The maximum atomic E-state index is 8.89. The Bertz CT molecular complexity index is 296. The van der Waals surface area contributed by atoms with E-state index in [-0.39, 0.29) is 34.8 Å². The second-order valence-corrected chi connectivity index (χ2v) is 3.79. The Labute approximate surface area is 192 Å². The van der Waals surface area contributed by atoms with Crippen LogP contribution >= 0.6 is 0 Å². The maximum Gasteiger partial charge on any atom is 3.00 e. The van der Waals surface area contributed by atoms with E-state index in [9.17, 15) is 0 Å². The topological polar surface area (TPSA) is 369 Å². The van der Waals surface area contributed by atoms with Gasteiger partial charge < -0.3 is 84.1 Å². The molecule has 0 spiro atoms. The van der Waals surface area contributed by atoms with Crippen molar-refractivity contribution in [1.29, 1.82) is 0 Å². The number of carbonyl (C=O) groups is 5. The normalized spacial score (nSPS) is 6.16. The fourth-order valence-electron chi connectivity index (χ4n) is 0.329. The summed E-state index contributed by atoms with van der Waals surface area (Å²) in [5.74, 6) is -5.42. The molecule has 0 amide bonds. The summed E-state index contributed by atoms with van der Waals surface area (Å²) in [7, 11) is 0. The molecular weight excluding hydrogens is 470 g/mol. The third kappa shape index (κ3) is 6840. The van der Waals surface area contributed by atoms with E-state index in [4.69, 9.17) is 61.0 Å². The van der Waals surface area contributed by atoms with Gasteiger partial charge in [0.1, 0.15) is 0 Å². The van der Waals surface area contributed by atoms with Crippen molar-refractivity contribution >= 4 is 29.8 Å². The van der Waals surface area contributed by atoms with Crippen molar-refractivity contribution in [1.82, 2.24) is 17.6 Å². The van der Waals surface area contributed by atoms with Crippen LogP contribution in [0.3, 0.4) is 0 Å². The molecule has 31 heavy (non-hydrogen) atoms. The standard InChI is InChI=1S/C4H13N3.5C2H4O2.Fe.2H3N.H2O/c5-1-3-7-4-2-6;5*1-2(3)4;;;;/h7H,1-6H2;5*1H3,(H,3,4);;2*1H3;1H2/q;;;;;;+3;;;/p-3. The minimum absolute atomic E-state index is 0. The first-order chi connectivity index (χ1) is 12.1. The van der Waals surface area contributed by atoms with Gasteiger partial charge in [-0.25, -0.2) is 0 Å². The summed E-state index contributed by atoms with van der Waals surface area (Å²) < 4.78 is 0. The van der Waals surface area contributed by atoms with E-state index >= 15 is 0 Å². The van der Waals surface area contributed by atoms with Crippen molar-refractivity contribution in [3.05, 3.63) is 0 Å². The quantitative estimate of drug-likeness (QED) is 0.174. The van der Waals surface area contributed by atoms with Crippen molar-refractivity contribution in [2.24, 2.45) is 11.5 Å². The predicted octanol–water partition coefficient (Wildman–Crippen LogP) is -7.80. The van der Waals surface area contributed by atoms with E-state index in [1.807, 2.05) is 0 Å². The number of nitrogens with one attached hydrogen (secondary N) is 1. The number of hydrogen-bond donors (Lipinski definition) is 5. The van der Waals surface area contributed by atoms with E-state index < -0.39 is 29.8 Å². The van der Waals surface area contributed by atoms with Gasteiger partial charge in [0.2, 0.25) is 0 Å². The molecule has 0 aromatic heterocycles. The number of quaternary nitrogens is 2. The van der Waals surface area contributed by atoms with Crippen molar-refractivity contribution < 1.29 is 72.1 Å². The largest absolute Gasteiger partial charge is 3.00 e. The van der Waals surface area contributed by atoms with Gasteiger partial charge in [-0.1, -0.05) is 0 Å². The molecule has 0 heterocycles. The summed E-state index contributed by atoms with van der Waals surface area (Å²) in [6.45, 7) is 7.99. The van der Waals surface area contributed by atoms with Crippen LogP contribution in [-0.4, -0.2) is 61.5 Å². The van der Waals surface area contributed by atoms with Gasteiger partial charge in [0.15, 0.2) is 0 Å². The number of nitrogens with two attached hydrogens (primary N) is 2. The minimum atomic E-state index is -1.08. The molecule has 0 unspecified atom stereocenters. The van der Waals surface area contributed by atoms with Crippen LogP contribution in [0.15, 0.2) is 0 Å². The number of carboxylic acids is 5. The second kappa shape index (κ2) is 63.0. The number of aliphatic carboxylic acids is 5. The van der Waals surface area contributed by atoms with Crippen LogP contribution in [0.5, 0.6) is 0 Å². The Morgan fingerprint density at radius 3 is 0.742 bits per heavy atom. The molecule has 17 heteroatoms. The Hall–Kier alpha value is -2.37. The van der Waals surface area contributed by atoms with Crippen molar-refractivity contribution in [3.63, 3.8) is 0 Å².